The van der Waals surface area contributed by atoms with E-state index in [9.17, 15) is 5.11 Å². The predicted octanol–water partition coefficient (Wildman–Crippen LogP) is 1.06. The topological polar surface area (TPSA) is 40.5 Å². The van der Waals surface area contributed by atoms with Gasteiger partial charge in [0.1, 0.15) is 0 Å². The second-order valence-electron chi connectivity index (χ2n) is 3.39. The lowest BCUT2D eigenvalue weighted by Crippen LogP contribution is -2.46. The molecule has 1 aliphatic rings. The van der Waals surface area contributed by atoms with E-state index in [2.05, 4.69) is 6.92 Å². The molecule has 2 N–H and O–H groups in total. The molecule has 0 radical (unpaired) electrons. The van der Waals surface area contributed by atoms with E-state index in [1.807, 2.05) is 0 Å². The minimum Gasteiger partial charge on any atom is -0.393 e. The second kappa shape index (κ2) is 2.89. The second-order valence-corrected chi connectivity index (χ2v) is 3.39. The molecule has 1 rings (SSSR count). The highest BCUT2D eigenvalue weighted by atomic mass is 16.3. The zero-order valence-electron chi connectivity index (χ0n) is 6.51. The number of rotatable bonds is 3. The molecule has 1 aliphatic carbocycles. The third-order valence-corrected chi connectivity index (χ3v) is 2.23. The number of aliphatic hydroxyl groups excluding tert-OH is 1. The maximum Gasteiger partial charge on any atom is 0.0697 e. The van der Waals surface area contributed by atoms with Gasteiger partial charge in [-0.25, -0.2) is 0 Å². The molecule has 2 heteroatoms. The van der Waals surface area contributed by atoms with Crippen molar-refractivity contribution in [1.82, 2.24) is 0 Å². The molecular formula is C8H16O2. The zero-order valence-corrected chi connectivity index (χ0v) is 6.51. The summed E-state index contributed by atoms with van der Waals surface area (Å²) < 4.78 is 0. The molecule has 0 amide bonds. The number of aliphatic hydroxyl groups is 2. The SMILES string of the molecule is CCCCC1(O)CC(O)C1. The summed E-state index contributed by atoms with van der Waals surface area (Å²) in [6.07, 6.45) is 4.00. The van der Waals surface area contributed by atoms with Crippen molar-refractivity contribution < 1.29 is 10.2 Å². The van der Waals surface area contributed by atoms with Crippen LogP contribution in [0.3, 0.4) is 0 Å². The van der Waals surface area contributed by atoms with E-state index in [0.717, 1.165) is 19.3 Å². The van der Waals surface area contributed by atoms with Crippen LogP contribution in [0.1, 0.15) is 39.0 Å². The van der Waals surface area contributed by atoms with Crippen LogP contribution in [-0.4, -0.2) is 21.9 Å². The first-order chi connectivity index (χ1) is 4.66. The maximum absolute atomic E-state index is 9.55. The molecule has 0 aliphatic heterocycles. The van der Waals surface area contributed by atoms with Crippen LogP contribution < -0.4 is 0 Å². The molecule has 1 saturated carbocycles. The molecule has 0 unspecified atom stereocenters. The average Bonchev–Trinajstić information content (AvgIpc) is 1.81. The largest absolute Gasteiger partial charge is 0.393 e. The fourth-order valence-corrected chi connectivity index (χ4v) is 1.53. The molecular weight excluding hydrogens is 128 g/mol. The third-order valence-electron chi connectivity index (χ3n) is 2.23. The van der Waals surface area contributed by atoms with Gasteiger partial charge in [0, 0.05) is 12.8 Å². The normalized spacial score (nSPS) is 39.3. The summed E-state index contributed by atoms with van der Waals surface area (Å²) >= 11 is 0. The molecule has 0 spiro atoms. The van der Waals surface area contributed by atoms with Gasteiger partial charge >= 0.3 is 0 Å². The molecule has 0 saturated heterocycles. The van der Waals surface area contributed by atoms with Crippen LogP contribution in [0.2, 0.25) is 0 Å². The van der Waals surface area contributed by atoms with Crippen LogP contribution in [-0.2, 0) is 0 Å². The van der Waals surface area contributed by atoms with E-state index in [1.165, 1.54) is 0 Å². The fourth-order valence-electron chi connectivity index (χ4n) is 1.53. The summed E-state index contributed by atoms with van der Waals surface area (Å²) in [4.78, 5) is 0. The van der Waals surface area contributed by atoms with Gasteiger partial charge < -0.3 is 10.2 Å². The predicted molar refractivity (Wildman–Crippen MR) is 39.7 cm³/mol. The van der Waals surface area contributed by atoms with Crippen molar-refractivity contribution in [2.75, 3.05) is 0 Å². The van der Waals surface area contributed by atoms with Crippen molar-refractivity contribution >= 4 is 0 Å². The Kier molecular flexibility index (Phi) is 2.32. The molecule has 0 atom stereocenters. The van der Waals surface area contributed by atoms with E-state index in [1.54, 1.807) is 0 Å². The van der Waals surface area contributed by atoms with Gasteiger partial charge in [0.2, 0.25) is 0 Å². The third kappa shape index (κ3) is 1.70. The standard InChI is InChI=1S/C8H16O2/c1-2-3-4-8(10)5-7(9)6-8/h7,9-10H,2-6H2,1H3. The molecule has 0 bridgehead atoms. The van der Waals surface area contributed by atoms with E-state index in [4.69, 9.17) is 5.11 Å². The van der Waals surface area contributed by atoms with Gasteiger partial charge in [-0.3, -0.25) is 0 Å². The van der Waals surface area contributed by atoms with Gasteiger partial charge in [0.25, 0.3) is 0 Å². The summed E-state index contributed by atoms with van der Waals surface area (Å²) in [6.45, 7) is 2.11. The molecule has 0 aromatic carbocycles. The lowest BCUT2D eigenvalue weighted by atomic mass is 9.74. The van der Waals surface area contributed by atoms with Crippen molar-refractivity contribution in [3.63, 3.8) is 0 Å². The summed E-state index contributed by atoms with van der Waals surface area (Å²) in [5, 5.41) is 18.5. The van der Waals surface area contributed by atoms with E-state index in [0.29, 0.717) is 12.8 Å². The van der Waals surface area contributed by atoms with Crippen LogP contribution in [0.5, 0.6) is 0 Å². The van der Waals surface area contributed by atoms with Crippen LogP contribution in [0.4, 0.5) is 0 Å². The summed E-state index contributed by atoms with van der Waals surface area (Å²) in [7, 11) is 0. The first-order valence-electron chi connectivity index (χ1n) is 4.07. The van der Waals surface area contributed by atoms with Crippen LogP contribution in [0.25, 0.3) is 0 Å². The van der Waals surface area contributed by atoms with Gasteiger partial charge in [0.15, 0.2) is 0 Å². The van der Waals surface area contributed by atoms with Crippen molar-refractivity contribution in [1.29, 1.82) is 0 Å². The van der Waals surface area contributed by atoms with Gasteiger partial charge in [-0.2, -0.15) is 0 Å². The zero-order chi connectivity index (χ0) is 7.61. The van der Waals surface area contributed by atoms with Crippen LogP contribution in [0, 0.1) is 0 Å². The minimum atomic E-state index is -0.505. The van der Waals surface area contributed by atoms with Gasteiger partial charge in [0.05, 0.1) is 11.7 Å². The van der Waals surface area contributed by atoms with E-state index in [-0.39, 0.29) is 6.10 Å². The van der Waals surface area contributed by atoms with E-state index >= 15 is 0 Å². The Morgan fingerprint density at radius 3 is 2.50 bits per heavy atom. The Bertz CT molecular complexity index is 106. The highest BCUT2D eigenvalue weighted by molar-refractivity contribution is 4.93. The lowest BCUT2D eigenvalue weighted by molar-refractivity contribution is -0.118. The summed E-state index contributed by atoms with van der Waals surface area (Å²) in [5.74, 6) is 0. The Morgan fingerprint density at radius 2 is 2.10 bits per heavy atom. The smallest absolute Gasteiger partial charge is 0.0697 e. The number of hydrogen-bond acceptors (Lipinski definition) is 2. The summed E-state index contributed by atoms with van der Waals surface area (Å²) in [6, 6.07) is 0. The number of hydrogen-bond donors (Lipinski definition) is 2. The highest BCUT2D eigenvalue weighted by Gasteiger charge is 2.40. The Hall–Kier alpha value is -0.0800. The molecule has 1 fully saturated rings. The van der Waals surface area contributed by atoms with E-state index < -0.39 is 5.60 Å². The molecule has 60 valence electrons. The molecule has 0 heterocycles. The highest BCUT2D eigenvalue weighted by Crippen LogP contribution is 2.36. The Balaban J connectivity index is 2.15. The summed E-state index contributed by atoms with van der Waals surface area (Å²) in [5.41, 5.74) is -0.505. The van der Waals surface area contributed by atoms with Gasteiger partial charge in [-0.1, -0.05) is 19.8 Å². The van der Waals surface area contributed by atoms with Crippen LogP contribution >= 0.6 is 0 Å². The molecule has 0 aromatic rings. The van der Waals surface area contributed by atoms with Gasteiger partial charge in [-0.05, 0) is 6.42 Å². The van der Waals surface area contributed by atoms with Crippen molar-refractivity contribution in [3.05, 3.63) is 0 Å². The minimum absolute atomic E-state index is 0.234. The average molecular weight is 144 g/mol. The first-order valence-corrected chi connectivity index (χ1v) is 4.07. The molecule has 2 nitrogen and oxygen atoms in total. The first kappa shape index (κ1) is 8.02. The monoisotopic (exact) mass is 144 g/mol. The molecule has 10 heavy (non-hydrogen) atoms. The van der Waals surface area contributed by atoms with Crippen LogP contribution in [0.15, 0.2) is 0 Å². The maximum atomic E-state index is 9.55. The van der Waals surface area contributed by atoms with Crippen molar-refractivity contribution in [3.8, 4) is 0 Å². The van der Waals surface area contributed by atoms with Gasteiger partial charge in [-0.15, -0.1) is 0 Å². The van der Waals surface area contributed by atoms with Crippen molar-refractivity contribution in [2.24, 2.45) is 0 Å². The molecule has 0 aromatic heterocycles. The Morgan fingerprint density at radius 1 is 1.50 bits per heavy atom. The lowest BCUT2D eigenvalue weighted by Gasteiger charge is -2.40. The Labute approximate surface area is 61.9 Å². The fraction of sp³-hybridized carbons (Fsp3) is 1.00. The van der Waals surface area contributed by atoms with Crippen molar-refractivity contribution in [2.45, 2.75) is 50.7 Å². The number of unbranched alkanes of at least 4 members (excludes halogenated alkanes) is 1. The quantitative estimate of drug-likeness (QED) is 0.622.